The van der Waals surface area contributed by atoms with E-state index in [1.165, 1.54) is 12.1 Å². The van der Waals surface area contributed by atoms with Crippen LogP contribution in [0.25, 0.3) is 5.69 Å². The molecule has 116 valence electrons. The van der Waals surface area contributed by atoms with Crippen molar-refractivity contribution in [2.24, 2.45) is 0 Å². The van der Waals surface area contributed by atoms with Crippen LogP contribution in [-0.2, 0) is 6.54 Å². The fourth-order valence-corrected chi connectivity index (χ4v) is 2.48. The van der Waals surface area contributed by atoms with Crippen LogP contribution in [0.2, 0.25) is 0 Å². The zero-order valence-electron chi connectivity index (χ0n) is 12.0. The molecule has 0 saturated carbocycles. The van der Waals surface area contributed by atoms with Crippen molar-refractivity contribution in [3.05, 3.63) is 82.3 Å². The third kappa shape index (κ3) is 3.65. The number of nitrogens with one attached hydrogen (secondary N) is 1. The maximum atomic E-state index is 13.7. The predicted octanol–water partition coefficient (Wildman–Crippen LogP) is 3.70. The minimum absolute atomic E-state index is 0.00910. The highest BCUT2D eigenvalue weighted by molar-refractivity contribution is 9.10. The Bertz CT molecular complexity index is 833. The molecule has 1 aromatic heterocycles. The number of carbonyl (C=O) groups is 1. The lowest BCUT2D eigenvalue weighted by molar-refractivity contribution is 0.0947. The molecule has 0 bridgehead atoms. The summed E-state index contributed by atoms with van der Waals surface area (Å²) in [6.45, 7) is 0.275. The molecule has 0 aliphatic rings. The van der Waals surface area contributed by atoms with E-state index < -0.39 is 11.7 Å². The number of rotatable bonds is 4. The van der Waals surface area contributed by atoms with Crippen LogP contribution in [0.5, 0.6) is 0 Å². The summed E-state index contributed by atoms with van der Waals surface area (Å²) in [5, 5.41) is 6.95. The van der Waals surface area contributed by atoms with E-state index in [0.717, 1.165) is 11.3 Å². The van der Waals surface area contributed by atoms with Crippen LogP contribution in [0.15, 0.2) is 65.4 Å². The van der Waals surface area contributed by atoms with Crippen molar-refractivity contribution in [1.82, 2.24) is 15.1 Å². The molecule has 23 heavy (non-hydrogen) atoms. The maximum Gasteiger partial charge on any atom is 0.254 e. The molecule has 1 amide bonds. The van der Waals surface area contributed by atoms with Gasteiger partial charge in [-0.2, -0.15) is 5.10 Å². The summed E-state index contributed by atoms with van der Waals surface area (Å²) < 4.78 is 16.1. The number of hydrogen-bond acceptors (Lipinski definition) is 2. The number of nitrogens with zero attached hydrogens (tertiary/aromatic N) is 2. The van der Waals surface area contributed by atoms with Crippen LogP contribution in [-0.4, -0.2) is 15.7 Å². The molecule has 0 spiro atoms. The van der Waals surface area contributed by atoms with Gasteiger partial charge in [-0.15, -0.1) is 0 Å². The molecule has 0 saturated heterocycles. The fraction of sp³-hybridized carbons (Fsp3) is 0.0588. The number of benzene rings is 2. The summed E-state index contributed by atoms with van der Waals surface area (Å²) >= 11 is 3.23. The van der Waals surface area contributed by atoms with Gasteiger partial charge < -0.3 is 5.32 Å². The van der Waals surface area contributed by atoms with E-state index in [9.17, 15) is 9.18 Å². The van der Waals surface area contributed by atoms with Gasteiger partial charge in [0.2, 0.25) is 0 Å². The van der Waals surface area contributed by atoms with Gasteiger partial charge in [-0.1, -0.05) is 34.1 Å². The maximum absolute atomic E-state index is 13.7. The van der Waals surface area contributed by atoms with Crippen molar-refractivity contribution in [1.29, 1.82) is 0 Å². The average Bonchev–Trinajstić information content (AvgIpc) is 3.05. The zero-order valence-corrected chi connectivity index (χ0v) is 13.6. The Morgan fingerprint density at radius 2 is 2.00 bits per heavy atom. The monoisotopic (exact) mass is 373 g/mol. The van der Waals surface area contributed by atoms with E-state index in [1.54, 1.807) is 16.9 Å². The molecule has 6 heteroatoms. The van der Waals surface area contributed by atoms with Crippen LogP contribution >= 0.6 is 15.9 Å². The Labute approximate surface area is 141 Å². The molecular weight excluding hydrogens is 361 g/mol. The highest BCUT2D eigenvalue weighted by Crippen LogP contribution is 2.15. The lowest BCUT2D eigenvalue weighted by atomic mass is 10.2. The van der Waals surface area contributed by atoms with Gasteiger partial charge in [0.25, 0.3) is 5.91 Å². The number of hydrogen-bond donors (Lipinski definition) is 1. The van der Waals surface area contributed by atoms with Crippen LogP contribution < -0.4 is 5.32 Å². The highest BCUT2D eigenvalue weighted by Gasteiger charge is 2.12. The molecule has 1 heterocycles. The van der Waals surface area contributed by atoms with Gasteiger partial charge in [0.05, 0.1) is 17.4 Å². The molecule has 0 unspecified atom stereocenters. The number of carbonyl (C=O) groups excluding carboxylic acids is 1. The second-order valence-electron chi connectivity index (χ2n) is 4.94. The molecule has 2 aromatic carbocycles. The fourth-order valence-electron chi connectivity index (χ4n) is 2.12. The molecule has 0 atom stereocenters. The first kappa shape index (κ1) is 15.4. The lowest BCUT2D eigenvalue weighted by Gasteiger charge is -2.05. The topological polar surface area (TPSA) is 46.9 Å². The van der Waals surface area contributed by atoms with Crippen LogP contribution in [0.4, 0.5) is 4.39 Å². The van der Waals surface area contributed by atoms with E-state index in [1.807, 2.05) is 36.5 Å². The van der Waals surface area contributed by atoms with Gasteiger partial charge in [-0.25, -0.2) is 9.07 Å². The van der Waals surface area contributed by atoms with Crippen LogP contribution in [0.3, 0.4) is 0 Å². The van der Waals surface area contributed by atoms with Gasteiger partial charge in [0.1, 0.15) is 5.82 Å². The summed E-state index contributed by atoms with van der Waals surface area (Å²) in [6, 6.07) is 13.9. The Balaban J connectivity index is 1.68. The average molecular weight is 374 g/mol. The molecule has 1 N–H and O–H groups in total. The normalized spacial score (nSPS) is 10.5. The van der Waals surface area contributed by atoms with Crippen molar-refractivity contribution in [3.8, 4) is 5.69 Å². The van der Waals surface area contributed by atoms with E-state index in [-0.39, 0.29) is 12.1 Å². The third-order valence-electron chi connectivity index (χ3n) is 3.28. The third-order valence-corrected chi connectivity index (χ3v) is 3.78. The minimum atomic E-state index is -0.550. The van der Waals surface area contributed by atoms with Crippen molar-refractivity contribution >= 4 is 21.8 Å². The Morgan fingerprint density at radius 1 is 1.22 bits per heavy atom. The lowest BCUT2D eigenvalue weighted by Crippen LogP contribution is -2.23. The number of aromatic nitrogens is 2. The second-order valence-corrected chi connectivity index (χ2v) is 5.85. The van der Waals surface area contributed by atoms with Crippen LogP contribution in [0.1, 0.15) is 15.9 Å². The molecule has 0 fully saturated rings. The molecule has 3 rings (SSSR count). The SMILES string of the molecule is O=C(NCc1cnn(-c2ccccc2)c1)c1cc(Br)ccc1F. The van der Waals surface area contributed by atoms with E-state index in [2.05, 4.69) is 26.3 Å². The predicted molar refractivity (Wildman–Crippen MR) is 88.8 cm³/mol. The van der Waals surface area contributed by atoms with Gasteiger partial charge in [-0.05, 0) is 30.3 Å². The second kappa shape index (κ2) is 6.75. The van der Waals surface area contributed by atoms with E-state index in [4.69, 9.17) is 0 Å². The Morgan fingerprint density at radius 3 is 2.78 bits per heavy atom. The standard InChI is InChI=1S/C17H13BrFN3O/c18-13-6-7-16(19)15(8-13)17(23)20-9-12-10-21-22(11-12)14-4-2-1-3-5-14/h1-8,10-11H,9H2,(H,20,23). The quantitative estimate of drug-likeness (QED) is 0.757. The molecule has 0 aliphatic heterocycles. The molecular formula is C17H13BrFN3O. The number of para-hydroxylation sites is 1. The van der Waals surface area contributed by atoms with Crippen molar-refractivity contribution in [2.75, 3.05) is 0 Å². The minimum Gasteiger partial charge on any atom is -0.348 e. The van der Waals surface area contributed by atoms with Gasteiger partial charge in [0, 0.05) is 22.8 Å². The number of halogens is 2. The summed E-state index contributed by atoms with van der Waals surface area (Å²) in [5.41, 5.74) is 1.77. The summed E-state index contributed by atoms with van der Waals surface area (Å²) in [4.78, 5) is 12.1. The Kier molecular flexibility index (Phi) is 4.52. The first-order valence-corrected chi connectivity index (χ1v) is 7.75. The number of amides is 1. The highest BCUT2D eigenvalue weighted by atomic mass is 79.9. The molecule has 4 nitrogen and oxygen atoms in total. The van der Waals surface area contributed by atoms with Gasteiger partial charge in [0.15, 0.2) is 0 Å². The largest absolute Gasteiger partial charge is 0.348 e. The molecule has 0 aliphatic carbocycles. The molecule has 0 radical (unpaired) electrons. The van der Waals surface area contributed by atoms with E-state index >= 15 is 0 Å². The summed E-state index contributed by atoms with van der Waals surface area (Å²) in [5.74, 6) is -1.01. The van der Waals surface area contributed by atoms with Crippen LogP contribution in [0, 0.1) is 5.82 Å². The zero-order chi connectivity index (χ0) is 16.2. The van der Waals surface area contributed by atoms with Crippen molar-refractivity contribution in [3.63, 3.8) is 0 Å². The summed E-state index contributed by atoms with van der Waals surface area (Å²) in [7, 11) is 0. The van der Waals surface area contributed by atoms with Crippen molar-refractivity contribution in [2.45, 2.75) is 6.54 Å². The Hall–Kier alpha value is -2.47. The van der Waals surface area contributed by atoms with Crippen molar-refractivity contribution < 1.29 is 9.18 Å². The smallest absolute Gasteiger partial charge is 0.254 e. The molecule has 3 aromatic rings. The first-order chi connectivity index (χ1) is 11.1. The summed E-state index contributed by atoms with van der Waals surface area (Å²) in [6.07, 6.45) is 3.50. The first-order valence-electron chi connectivity index (χ1n) is 6.96. The van der Waals surface area contributed by atoms with Gasteiger partial charge in [-0.3, -0.25) is 4.79 Å². The van der Waals surface area contributed by atoms with Gasteiger partial charge >= 0.3 is 0 Å². The van der Waals surface area contributed by atoms with E-state index in [0.29, 0.717) is 4.47 Å².